The van der Waals surface area contributed by atoms with Crippen LogP contribution >= 0.6 is 0 Å². The van der Waals surface area contributed by atoms with Crippen molar-refractivity contribution in [2.24, 2.45) is 5.92 Å². The molecule has 1 aliphatic carbocycles. The van der Waals surface area contributed by atoms with E-state index in [-0.39, 0.29) is 5.91 Å². The number of anilines is 1. The average molecular weight is 274 g/mol. The second-order valence-electron chi connectivity index (χ2n) is 5.72. The molecule has 0 aliphatic heterocycles. The van der Waals surface area contributed by atoms with Crippen LogP contribution in [0.25, 0.3) is 0 Å². The summed E-state index contributed by atoms with van der Waals surface area (Å²) in [6.45, 7) is 3.93. The van der Waals surface area contributed by atoms with Gasteiger partial charge in [0.05, 0.1) is 0 Å². The van der Waals surface area contributed by atoms with E-state index in [4.69, 9.17) is 0 Å². The van der Waals surface area contributed by atoms with Gasteiger partial charge in [0.15, 0.2) is 0 Å². The highest BCUT2D eigenvalue weighted by atomic mass is 16.1. The fraction of sp³-hybridized carbons (Fsp3) is 0.588. The van der Waals surface area contributed by atoms with Crippen LogP contribution < -0.4 is 10.6 Å². The van der Waals surface area contributed by atoms with Gasteiger partial charge in [0.25, 0.3) is 5.91 Å². The van der Waals surface area contributed by atoms with E-state index in [9.17, 15) is 4.79 Å². The number of rotatable bonds is 6. The maximum Gasteiger partial charge on any atom is 0.251 e. The van der Waals surface area contributed by atoms with Crippen molar-refractivity contribution in [2.75, 3.05) is 18.4 Å². The Balaban J connectivity index is 1.79. The summed E-state index contributed by atoms with van der Waals surface area (Å²) in [5, 5.41) is 6.38. The molecule has 0 atom stereocenters. The van der Waals surface area contributed by atoms with Crippen LogP contribution in [0.2, 0.25) is 0 Å². The molecular formula is C17H26N2O. The molecule has 2 N–H and O–H groups in total. The number of nitrogens with one attached hydrogen (secondary N) is 2. The largest absolute Gasteiger partial charge is 0.385 e. The van der Waals surface area contributed by atoms with Crippen LogP contribution in [0.4, 0.5) is 5.69 Å². The maximum absolute atomic E-state index is 12.1. The Morgan fingerprint density at radius 3 is 2.50 bits per heavy atom. The number of carbonyl (C=O) groups is 1. The average Bonchev–Trinajstić information content (AvgIpc) is 2.52. The molecule has 110 valence electrons. The lowest BCUT2D eigenvalue weighted by molar-refractivity contribution is 0.0943. The van der Waals surface area contributed by atoms with Crippen molar-refractivity contribution in [3.8, 4) is 0 Å². The zero-order valence-electron chi connectivity index (χ0n) is 12.5. The van der Waals surface area contributed by atoms with Gasteiger partial charge in [0.2, 0.25) is 0 Å². The van der Waals surface area contributed by atoms with Gasteiger partial charge in [-0.2, -0.15) is 0 Å². The summed E-state index contributed by atoms with van der Waals surface area (Å²) in [6.07, 6.45) is 7.62. The maximum atomic E-state index is 12.1. The van der Waals surface area contributed by atoms with E-state index < -0.39 is 0 Å². The first-order valence-corrected chi connectivity index (χ1v) is 7.91. The third kappa shape index (κ3) is 4.55. The van der Waals surface area contributed by atoms with Crippen molar-refractivity contribution >= 4 is 11.6 Å². The van der Waals surface area contributed by atoms with Crippen molar-refractivity contribution in [2.45, 2.75) is 45.4 Å². The third-order valence-corrected chi connectivity index (χ3v) is 4.00. The quantitative estimate of drug-likeness (QED) is 0.828. The van der Waals surface area contributed by atoms with Crippen LogP contribution in [0.5, 0.6) is 0 Å². The van der Waals surface area contributed by atoms with E-state index in [1.807, 2.05) is 24.3 Å². The van der Waals surface area contributed by atoms with Gasteiger partial charge in [-0.25, -0.2) is 0 Å². The Morgan fingerprint density at radius 1 is 1.15 bits per heavy atom. The number of benzene rings is 1. The molecule has 2 rings (SSSR count). The molecule has 0 unspecified atom stereocenters. The summed E-state index contributed by atoms with van der Waals surface area (Å²) in [7, 11) is 0. The normalized spacial score (nSPS) is 15.8. The highest BCUT2D eigenvalue weighted by molar-refractivity contribution is 5.94. The Bertz CT molecular complexity index is 408. The standard InChI is InChI=1S/C17H26N2O/c1-2-12-18-16-10-8-15(9-11-16)17(20)19-13-14-6-4-3-5-7-14/h8-11,14,18H,2-7,12-13H2,1H3,(H,19,20). The lowest BCUT2D eigenvalue weighted by Gasteiger charge is -2.21. The zero-order chi connectivity index (χ0) is 14.2. The Labute approximate surface area is 122 Å². The molecule has 3 heteroatoms. The first-order valence-electron chi connectivity index (χ1n) is 7.91. The molecular weight excluding hydrogens is 248 g/mol. The third-order valence-electron chi connectivity index (χ3n) is 4.00. The van der Waals surface area contributed by atoms with Gasteiger partial charge in [-0.1, -0.05) is 26.2 Å². The molecule has 20 heavy (non-hydrogen) atoms. The number of carbonyl (C=O) groups excluding carboxylic acids is 1. The van der Waals surface area contributed by atoms with E-state index in [2.05, 4.69) is 17.6 Å². The number of hydrogen-bond donors (Lipinski definition) is 2. The highest BCUT2D eigenvalue weighted by Crippen LogP contribution is 2.22. The van der Waals surface area contributed by atoms with Crippen LogP contribution in [0, 0.1) is 5.92 Å². The fourth-order valence-corrected chi connectivity index (χ4v) is 2.74. The van der Waals surface area contributed by atoms with Crippen molar-refractivity contribution in [1.29, 1.82) is 0 Å². The zero-order valence-corrected chi connectivity index (χ0v) is 12.5. The summed E-state index contributed by atoms with van der Waals surface area (Å²) >= 11 is 0. The molecule has 0 spiro atoms. The van der Waals surface area contributed by atoms with E-state index in [0.717, 1.165) is 30.8 Å². The van der Waals surface area contributed by atoms with Crippen LogP contribution in [0.3, 0.4) is 0 Å². The minimum absolute atomic E-state index is 0.0533. The molecule has 0 heterocycles. The SMILES string of the molecule is CCCNc1ccc(C(=O)NCC2CCCCC2)cc1. The minimum atomic E-state index is 0.0533. The monoisotopic (exact) mass is 274 g/mol. The molecule has 1 saturated carbocycles. The molecule has 0 saturated heterocycles. The van der Waals surface area contributed by atoms with Gasteiger partial charge >= 0.3 is 0 Å². The number of amides is 1. The summed E-state index contributed by atoms with van der Waals surface area (Å²) < 4.78 is 0. The minimum Gasteiger partial charge on any atom is -0.385 e. The first kappa shape index (κ1) is 14.9. The van der Waals surface area contributed by atoms with E-state index in [0.29, 0.717) is 5.92 Å². The Kier molecular flexibility index (Phi) is 5.90. The smallest absolute Gasteiger partial charge is 0.251 e. The molecule has 1 fully saturated rings. The lowest BCUT2D eigenvalue weighted by atomic mass is 9.89. The van der Waals surface area contributed by atoms with E-state index in [1.165, 1.54) is 32.1 Å². The van der Waals surface area contributed by atoms with Crippen LogP contribution in [-0.4, -0.2) is 19.0 Å². The van der Waals surface area contributed by atoms with Gasteiger partial charge in [0, 0.05) is 24.3 Å². The summed E-state index contributed by atoms with van der Waals surface area (Å²) in [6, 6.07) is 7.75. The van der Waals surface area contributed by atoms with Crippen LogP contribution in [0.15, 0.2) is 24.3 Å². The predicted octanol–water partition coefficient (Wildman–Crippen LogP) is 3.82. The summed E-state index contributed by atoms with van der Waals surface area (Å²) in [4.78, 5) is 12.1. The highest BCUT2D eigenvalue weighted by Gasteiger charge is 2.14. The van der Waals surface area contributed by atoms with E-state index >= 15 is 0 Å². The molecule has 1 aliphatic rings. The van der Waals surface area contributed by atoms with Crippen LogP contribution in [0.1, 0.15) is 55.8 Å². The van der Waals surface area contributed by atoms with Gasteiger partial charge < -0.3 is 10.6 Å². The first-order chi connectivity index (χ1) is 9.79. The summed E-state index contributed by atoms with van der Waals surface area (Å²) in [5.74, 6) is 0.732. The molecule has 1 aromatic carbocycles. The van der Waals surface area contributed by atoms with Gasteiger partial charge in [-0.05, 0) is 49.4 Å². The topological polar surface area (TPSA) is 41.1 Å². The molecule has 3 nitrogen and oxygen atoms in total. The van der Waals surface area contributed by atoms with Crippen molar-refractivity contribution < 1.29 is 4.79 Å². The fourth-order valence-electron chi connectivity index (χ4n) is 2.74. The van der Waals surface area contributed by atoms with Gasteiger partial charge in [-0.15, -0.1) is 0 Å². The Morgan fingerprint density at radius 2 is 1.85 bits per heavy atom. The lowest BCUT2D eigenvalue weighted by Crippen LogP contribution is -2.30. The second kappa shape index (κ2) is 7.93. The number of hydrogen-bond acceptors (Lipinski definition) is 2. The molecule has 1 amide bonds. The van der Waals surface area contributed by atoms with Crippen molar-refractivity contribution in [3.05, 3.63) is 29.8 Å². The molecule has 0 aromatic heterocycles. The van der Waals surface area contributed by atoms with Gasteiger partial charge in [0.1, 0.15) is 0 Å². The second-order valence-corrected chi connectivity index (χ2v) is 5.72. The van der Waals surface area contributed by atoms with E-state index in [1.54, 1.807) is 0 Å². The predicted molar refractivity (Wildman–Crippen MR) is 84.1 cm³/mol. The van der Waals surface area contributed by atoms with Crippen LogP contribution in [-0.2, 0) is 0 Å². The molecule has 0 radical (unpaired) electrons. The molecule has 0 bridgehead atoms. The van der Waals surface area contributed by atoms with Crippen molar-refractivity contribution in [3.63, 3.8) is 0 Å². The Hall–Kier alpha value is -1.51. The molecule has 1 aromatic rings. The summed E-state index contributed by atoms with van der Waals surface area (Å²) in [5.41, 5.74) is 1.83. The van der Waals surface area contributed by atoms with Gasteiger partial charge in [-0.3, -0.25) is 4.79 Å². The van der Waals surface area contributed by atoms with Crippen molar-refractivity contribution in [1.82, 2.24) is 5.32 Å².